The van der Waals surface area contributed by atoms with E-state index in [1.165, 1.54) is 25.0 Å². The van der Waals surface area contributed by atoms with Crippen molar-refractivity contribution in [2.75, 3.05) is 0 Å². The van der Waals surface area contributed by atoms with Crippen LogP contribution in [0.4, 0.5) is 4.39 Å². The van der Waals surface area contributed by atoms with E-state index in [2.05, 4.69) is 10.6 Å². The molecule has 1 amide bonds. The summed E-state index contributed by atoms with van der Waals surface area (Å²) < 4.78 is 12.9. The Labute approximate surface area is 136 Å². The Morgan fingerprint density at radius 1 is 1.09 bits per heavy atom. The van der Waals surface area contributed by atoms with Gasteiger partial charge in [-0.25, -0.2) is 4.39 Å². The number of benzene rings is 1. The number of nitrogens with one attached hydrogen (secondary N) is 2. The third-order valence-electron chi connectivity index (χ3n) is 5.24. The average molecular weight is 325 g/mol. The van der Waals surface area contributed by atoms with Crippen LogP contribution in [0.25, 0.3) is 0 Å². The zero-order valence-electron chi connectivity index (χ0n) is 12.4. The number of piperidine rings is 1. The predicted molar refractivity (Wildman–Crippen MR) is 85.6 cm³/mol. The van der Waals surface area contributed by atoms with Crippen molar-refractivity contribution < 1.29 is 9.18 Å². The lowest BCUT2D eigenvalue weighted by Gasteiger charge is -2.29. The molecule has 0 spiro atoms. The van der Waals surface area contributed by atoms with Crippen LogP contribution in [0.5, 0.6) is 0 Å². The molecule has 3 fully saturated rings. The van der Waals surface area contributed by atoms with E-state index in [0.29, 0.717) is 18.1 Å². The maximum absolute atomic E-state index is 12.9. The molecule has 4 unspecified atom stereocenters. The zero-order valence-corrected chi connectivity index (χ0v) is 13.2. The number of hydrogen-bond acceptors (Lipinski definition) is 2. The van der Waals surface area contributed by atoms with Crippen molar-refractivity contribution in [3.05, 3.63) is 35.6 Å². The van der Waals surface area contributed by atoms with Gasteiger partial charge in [0.2, 0.25) is 5.91 Å². The summed E-state index contributed by atoms with van der Waals surface area (Å²) in [6, 6.07) is 8.10. The van der Waals surface area contributed by atoms with Gasteiger partial charge in [-0.2, -0.15) is 0 Å². The van der Waals surface area contributed by atoms with Crippen LogP contribution in [0.2, 0.25) is 0 Å². The molecule has 22 heavy (non-hydrogen) atoms. The van der Waals surface area contributed by atoms with Gasteiger partial charge >= 0.3 is 0 Å². The maximum Gasteiger partial charge on any atom is 0.223 e. The summed E-state index contributed by atoms with van der Waals surface area (Å²) in [6.45, 7) is 0. The molecule has 4 rings (SSSR count). The lowest BCUT2D eigenvalue weighted by Crippen LogP contribution is -2.48. The molecule has 4 atom stereocenters. The van der Waals surface area contributed by atoms with Gasteiger partial charge in [0.25, 0.3) is 0 Å². The monoisotopic (exact) mass is 324 g/mol. The maximum atomic E-state index is 12.9. The summed E-state index contributed by atoms with van der Waals surface area (Å²) in [6.07, 6.45) is 5.53. The molecule has 120 valence electrons. The molecule has 0 aromatic heterocycles. The average Bonchev–Trinajstić information content (AvgIpc) is 3.20. The number of hydrogen-bond donors (Lipinski definition) is 2. The molecule has 0 radical (unpaired) electrons. The van der Waals surface area contributed by atoms with Gasteiger partial charge in [0, 0.05) is 24.0 Å². The zero-order chi connectivity index (χ0) is 14.4. The molecule has 3 aliphatic rings. The van der Waals surface area contributed by atoms with Crippen LogP contribution >= 0.6 is 12.4 Å². The molecule has 1 aromatic rings. The Balaban J connectivity index is 0.00000144. The highest BCUT2D eigenvalue weighted by atomic mass is 35.5. The molecule has 2 saturated heterocycles. The fraction of sp³-hybridized carbons (Fsp3) is 0.588. The number of rotatable bonds is 3. The van der Waals surface area contributed by atoms with Crippen molar-refractivity contribution >= 4 is 18.3 Å². The minimum Gasteiger partial charge on any atom is -0.353 e. The highest BCUT2D eigenvalue weighted by Crippen LogP contribution is 2.47. The first-order valence-corrected chi connectivity index (χ1v) is 8.01. The summed E-state index contributed by atoms with van der Waals surface area (Å²) >= 11 is 0. The van der Waals surface area contributed by atoms with Crippen LogP contribution in [-0.2, 0) is 4.79 Å². The minimum absolute atomic E-state index is 0. The Morgan fingerprint density at radius 3 is 2.36 bits per heavy atom. The minimum atomic E-state index is -0.217. The fourth-order valence-corrected chi connectivity index (χ4v) is 4.05. The fourth-order valence-electron chi connectivity index (χ4n) is 4.05. The molecule has 3 nitrogen and oxygen atoms in total. The van der Waals surface area contributed by atoms with Gasteiger partial charge in [-0.15, -0.1) is 12.4 Å². The van der Waals surface area contributed by atoms with Crippen LogP contribution in [0.3, 0.4) is 0 Å². The van der Waals surface area contributed by atoms with Crippen molar-refractivity contribution in [3.8, 4) is 0 Å². The molecule has 5 heteroatoms. The molecule has 2 heterocycles. The Hall–Kier alpha value is -1.13. The van der Waals surface area contributed by atoms with Crippen molar-refractivity contribution in [2.45, 2.75) is 56.1 Å². The van der Waals surface area contributed by atoms with E-state index in [-0.39, 0.29) is 36.0 Å². The van der Waals surface area contributed by atoms with Crippen molar-refractivity contribution in [1.82, 2.24) is 10.6 Å². The highest BCUT2D eigenvalue weighted by molar-refractivity contribution is 5.85. The molecule has 1 aliphatic carbocycles. The number of carbonyl (C=O) groups is 1. The first kappa shape index (κ1) is 15.8. The second-order valence-electron chi connectivity index (χ2n) is 6.82. The number of fused-ring (bicyclic) bond motifs is 2. The second kappa shape index (κ2) is 6.17. The van der Waals surface area contributed by atoms with Crippen LogP contribution in [0.15, 0.2) is 24.3 Å². The summed E-state index contributed by atoms with van der Waals surface area (Å²) in [7, 11) is 0. The third kappa shape index (κ3) is 3.13. The third-order valence-corrected chi connectivity index (χ3v) is 5.24. The van der Waals surface area contributed by atoms with E-state index < -0.39 is 0 Å². The lowest BCUT2D eigenvalue weighted by atomic mass is 9.99. The summed E-state index contributed by atoms with van der Waals surface area (Å²) in [5.74, 6) is 0.341. The lowest BCUT2D eigenvalue weighted by molar-refractivity contribution is -0.123. The van der Waals surface area contributed by atoms with E-state index in [4.69, 9.17) is 0 Å². The van der Waals surface area contributed by atoms with Crippen molar-refractivity contribution in [1.29, 1.82) is 0 Å². The highest BCUT2D eigenvalue weighted by Gasteiger charge is 2.45. The van der Waals surface area contributed by atoms with E-state index in [1.54, 1.807) is 12.1 Å². The summed E-state index contributed by atoms with van der Waals surface area (Å²) in [5, 5.41) is 6.83. The number of amides is 1. The van der Waals surface area contributed by atoms with E-state index in [0.717, 1.165) is 24.8 Å². The normalized spacial score (nSPS) is 35.6. The largest absolute Gasteiger partial charge is 0.353 e. The summed E-state index contributed by atoms with van der Waals surface area (Å²) in [5.41, 5.74) is 1.09. The van der Waals surface area contributed by atoms with Crippen LogP contribution < -0.4 is 10.6 Å². The second-order valence-corrected chi connectivity index (χ2v) is 6.82. The Bertz CT molecular complexity index is 538. The quantitative estimate of drug-likeness (QED) is 0.897. The summed E-state index contributed by atoms with van der Waals surface area (Å²) in [4.78, 5) is 12.4. The molecule has 1 aromatic carbocycles. The van der Waals surface area contributed by atoms with Crippen LogP contribution in [0, 0.1) is 11.7 Å². The Morgan fingerprint density at radius 2 is 1.73 bits per heavy atom. The topological polar surface area (TPSA) is 41.1 Å². The smallest absolute Gasteiger partial charge is 0.223 e. The van der Waals surface area contributed by atoms with Crippen molar-refractivity contribution in [2.24, 2.45) is 5.92 Å². The molecule has 2 aliphatic heterocycles. The van der Waals surface area contributed by atoms with Gasteiger partial charge in [-0.3, -0.25) is 4.79 Å². The first-order valence-electron chi connectivity index (χ1n) is 8.01. The SMILES string of the molecule is Cl.O=C(NC1CC2CCC(C1)N2)C1CC1c1ccc(F)cc1. The van der Waals surface area contributed by atoms with Gasteiger partial charge in [0.15, 0.2) is 0 Å². The molecular formula is C17H22ClFN2O. The number of carbonyl (C=O) groups excluding carboxylic acids is 1. The van der Waals surface area contributed by atoms with Gasteiger partial charge in [0.1, 0.15) is 5.82 Å². The van der Waals surface area contributed by atoms with E-state index in [1.807, 2.05) is 0 Å². The van der Waals surface area contributed by atoms with Crippen LogP contribution in [-0.4, -0.2) is 24.0 Å². The van der Waals surface area contributed by atoms with E-state index in [9.17, 15) is 9.18 Å². The number of halogens is 2. The first-order chi connectivity index (χ1) is 10.2. The van der Waals surface area contributed by atoms with Gasteiger partial charge in [-0.05, 0) is 55.7 Å². The molecule has 2 bridgehead atoms. The molecular weight excluding hydrogens is 303 g/mol. The van der Waals surface area contributed by atoms with Crippen LogP contribution in [0.1, 0.15) is 43.6 Å². The van der Waals surface area contributed by atoms with Crippen molar-refractivity contribution in [3.63, 3.8) is 0 Å². The molecule has 2 N–H and O–H groups in total. The Kier molecular flexibility index (Phi) is 4.42. The standard InChI is InChI=1S/C17H21FN2O.ClH/c18-11-3-1-10(2-4-11)15-9-16(15)17(21)20-14-7-12-5-6-13(8-14)19-12;/h1-4,12-16,19H,5-9H2,(H,20,21);1H. The van der Waals surface area contributed by atoms with Gasteiger partial charge in [0.05, 0.1) is 0 Å². The van der Waals surface area contributed by atoms with E-state index >= 15 is 0 Å². The molecule has 1 saturated carbocycles. The van der Waals surface area contributed by atoms with Gasteiger partial charge < -0.3 is 10.6 Å². The van der Waals surface area contributed by atoms with Gasteiger partial charge in [-0.1, -0.05) is 12.1 Å². The predicted octanol–water partition coefficient (Wildman–Crippen LogP) is 2.75.